The van der Waals surface area contributed by atoms with Crippen LogP contribution in [0, 0.1) is 6.92 Å². The molecule has 1 saturated heterocycles. The lowest BCUT2D eigenvalue weighted by molar-refractivity contribution is -0.118. The Balaban J connectivity index is 1.19. The van der Waals surface area contributed by atoms with E-state index in [2.05, 4.69) is 72.5 Å². The molecule has 0 N–H and O–H groups in total. The molecule has 0 atom stereocenters. The number of nitrogens with zero attached hydrogens (tertiary/aromatic N) is 2. The molecule has 6 rings (SSSR count). The second-order valence-corrected chi connectivity index (χ2v) is 11.0. The molecule has 2 heterocycles. The minimum absolute atomic E-state index is 0.0386. The maximum atomic E-state index is 13.5. The van der Waals surface area contributed by atoms with Crippen molar-refractivity contribution < 1.29 is 4.79 Å². The molecule has 0 bridgehead atoms. The summed E-state index contributed by atoms with van der Waals surface area (Å²) in [6.07, 6.45) is 2.54. The highest BCUT2D eigenvalue weighted by Crippen LogP contribution is 2.47. The van der Waals surface area contributed by atoms with E-state index in [1.54, 1.807) is 0 Å². The topological polar surface area (TPSA) is 23.6 Å². The van der Waals surface area contributed by atoms with Crippen molar-refractivity contribution in [3.8, 4) is 0 Å². The van der Waals surface area contributed by atoms with Crippen molar-refractivity contribution in [2.24, 2.45) is 0 Å². The smallest absolute Gasteiger partial charge is 0.231 e. The monoisotopic (exact) mass is 494 g/mol. The fraction of sp³-hybridized carbons (Fsp3) is 0.281. The summed E-state index contributed by atoms with van der Waals surface area (Å²) in [5, 5.41) is 3.29. The van der Waals surface area contributed by atoms with Crippen LogP contribution in [-0.2, 0) is 23.2 Å². The van der Waals surface area contributed by atoms with Gasteiger partial charge in [0.25, 0.3) is 0 Å². The quantitative estimate of drug-likeness (QED) is 0.307. The van der Waals surface area contributed by atoms with Gasteiger partial charge in [-0.15, -0.1) is 0 Å². The summed E-state index contributed by atoms with van der Waals surface area (Å²) in [5.41, 5.74) is 6.13. The van der Waals surface area contributed by atoms with Crippen LogP contribution in [0.5, 0.6) is 0 Å². The standard InChI is InChI=1S/C32H31ClN2O/c1-23-6-13-30-29(18-23)32(22-35(30)31(36)20-24-8-11-28(33)12-9-24)14-16-34(17-15-32)21-25-7-10-26-4-2-3-5-27(26)19-25/h2-13,18-19H,14-17,20-22H2,1H3. The molecule has 3 nitrogen and oxygen atoms in total. The molecule has 4 aromatic carbocycles. The fourth-order valence-corrected chi connectivity index (χ4v) is 6.17. The molecule has 4 aromatic rings. The Hall–Kier alpha value is -3.14. The van der Waals surface area contributed by atoms with Crippen molar-refractivity contribution in [2.45, 2.75) is 38.1 Å². The second-order valence-electron chi connectivity index (χ2n) is 10.5. The maximum absolute atomic E-state index is 13.5. The Bertz CT molecular complexity index is 1420. The van der Waals surface area contributed by atoms with Crippen molar-refractivity contribution >= 4 is 34.0 Å². The lowest BCUT2D eigenvalue weighted by Gasteiger charge is -2.40. The summed E-state index contributed by atoms with van der Waals surface area (Å²) in [4.78, 5) is 18.1. The van der Waals surface area contributed by atoms with Gasteiger partial charge in [-0.05, 0) is 84.6 Å². The first-order valence-corrected chi connectivity index (χ1v) is 13.2. The van der Waals surface area contributed by atoms with Gasteiger partial charge in [-0.25, -0.2) is 0 Å². The average Bonchev–Trinajstić information content (AvgIpc) is 3.20. The van der Waals surface area contributed by atoms with E-state index in [-0.39, 0.29) is 11.3 Å². The van der Waals surface area contributed by atoms with E-state index in [0.717, 1.165) is 50.3 Å². The van der Waals surface area contributed by atoms with Gasteiger partial charge in [0.15, 0.2) is 0 Å². The third-order valence-electron chi connectivity index (χ3n) is 8.08. The van der Waals surface area contributed by atoms with E-state index < -0.39 is 0 Å². The van der Waals surface area contributed by atoms with Gasteiger partial charge in [0, 0.05) is 29.2 Å². The molecular formula is C32H31ClN2O. The van der Waals surface area contributed by atoms with Crippen LogP contribution in [0.2, 0.25) is 5.02 Å². The highest BCUT2D eigenvalue weighted by atomic mass is 35.5. The number of hydrogen-bond acceptors (Lipinski definition) is 2. The van der Waals surface area contributed by atoms with Crippen molar-refractivity contribution in [1.82, 2.24) is 4.90 Å². The van der Waals surface area contributed by atoms with Gasteiger partial charge in [0.05, 0.1) is 6.42 Å². The average molecular weight is 495 g/mol. The number of hydrogen-bond donors (Lipinski definition) is 0. The highest BCUT2D eigenvalue weighted by Gasteiger charge is 2.46. The molecule has 0 aromatic heterocycles. The Morgan fingerprint density at radius 2 is 1.58 bits per heavy atom. The van der Waals surface area contributed by atoms with Gasteiger partial charge >= 0.3 is 0 Å². The van der Waals surface area contributed by atoms with Gasteiger partial charge in [-0.1, -0.05) is 77.8 Å². The SMILES string of the molecule is Cc1ccc2c(c1)C1(CCN(Cc3ccc4ccccc4c3)CC1)CN2C(=O)Cc1ccc(Cl)cc1. The van der Waals surface area contributed by atoms with Crippen LogP contribution in [-0.4, -0.2) is 30.4 Å². The zero-order valence-corrected chi connectivity index (χ0v) is 21.5. The number of piperidine rings is 1. The molecule has 4 heteroatoms. The molecule has 1 spiro atoms. The summed E-state index contributed by atoms with van der Waals surface area (Å²) < 4.78 is 0. The number of carbonyl (C=O) groups is 1. The molecule has 0 saturated carbocycles. The van der Waals surface area contributed by atoms with E-state index >= 15 is 0 Å². The van der Waals surface area contributed by atoms with Crippen LogP contribution in [0.1, 0.15) is 35.1 Å². The van der Waals surface area contributed by atoms with E-state index in [1.165, 1.54) is 27.5 Å². The van der Waals surface area contributed by atoms with Gasteiger partial charge in [0.2, 0.25) is 5.91 Å². The zero-order chi connectivity index (χ0) is 24.7. The van der Waals surface area contributed by atoms with Crippen LogP contribution in [0.3, 0.4) is 0 Å². The minimum Gasteiger partial charge on any atom is -0.311 e. The predicted molar refractivity (Wildman–Crippen MR) is 149 cm³/mol. The number of benzene rings is 4. The molecule has 1 fully saturated rings. The van der Waals surface area contributed by atoms with E-state index in [4.69, 9.17) is 11.6 Å². The number of aryl methyl sites for hydroxylation is 1. The number of amides is 1. The normalized spacial score (nSPS) is 17.0. The van der Waals surface area contributed by atoms with Gasteiger partial charge in [-0.3, -0.25) is 9.69 Å². The van der Waals surface area contributed by atoms with Gasteiger partial charge in [0.1, 0.15) is 0 Å². The number of halogens is 1. The maximum Gasteiger partial charge on any atom is 0.231 e. The summed E-state index contributed by atoms with van der Waals surface area (Å²) in [6.45, 7) is 5.99. The van der Waals surface area contributed by atoms with E-state index in [1.807, 2.05) is 29.2 Å². The van der Waals surface area contributed by atoms with Crippen LogP contribution < -0.4 is 4.90 Å². The Morgan fingerprint density at radius 1 is 0.861 bits per heavy atom. The highest BCUT2D eigenvalue weighted by molar-refractivity contribution is 6.30. The summed E-state index contributed by atoms with van der Waals surface area (Å²) in [7, 11) is 0. The van der Waals surface area contributed by atoms with Gasteiger partial charge < -0.3 is 4.90 Å². The van der Waals surface area contributed by atoms with Crippen molar-refractivity contribution in [3.05, 3.63) is 112 Å². The number of rotatable bonds is 4. The lowest BCUT2D eigenvalue weighted by atomic mass is 9.74. The lowest BCUT2D eigenvalue weighted by Crippen LogP contribution is -2.46. The summed E-state index contributed by atoms with van der Waals surface area (Å²) >= 11 is 6.04. The Kier molecular flexibility index (Phi) is 6.07. The molecule has 0 aliphatic carbocycles. The van der Waals surface area contributed by atoms with E-state index in [0.29, 0.717) is 11.4 Å². The Morgan fingerprint density at radius 3 is 2.36 bits per heavy atom. The van der Waals surface area contributed by atoms with Crippen molar-refractivity contribution in [3.63, 3.8) is 0 Å². The van der Waals surface area contributed by atoms with Crippen molar-refractivity contribution in [2.75, 3.05) is 24.5 Å². The van der Waals surface area contributed by atoms with Crippen LogP contribution in [0.25, 0.3) is 10.8 Å². The molecule has 0 radical (unpaired) electrons. The number of anilines is 1. The molecule has 0 unspecified atom stereocenters. The molecule has 1 amide bonds. The van der Waals surface area contributed by atoms with Crippen molar-refractivity contribution in [1.29, 1.82) is 0 Å². The number of carbonyl (C=O) groups excluding carboxylic acids is 1. The van der Waals surface area contributed by atoms with Gasteiger partial charge in [-0.2, -0.15) is 0 Å². The van der Waals surface area contributed by atoms with Crippen LogP contribution in [0.15, 0.2) is 84.9 Å². The minimum atomic E-state index is 0.0386. The summed E-state index contributed by atoms with van der Waals surface area (Å²) in [5.74, 6) is 0.165. The molecule has 2 aliphatic heterocycles. The molecule has 36 heavy (non-hydrogen) atoms. The largest absolute Gasteiger partial charge is 0.311 e. The fourth-order valence-electron chi connectivity index (χ4n) is 6.04. The zero-order valence-electron chi connectivity index (χ0n) is 20.7. The second kappa shape index (κ2) is 9.38. The first-order valence-electron chi connectivity index (χ1n) is 12.9. The first-order chi connectivity index (χ1) is 17.5. The molecular weight excluding hydrogens is 464 g/mol. The number of fused-ring (bicyclic) bond motifs is 3. The third kappa shape index (κ3) is 4.42. The summed E-state index contributed by atoms with van der Waals surface area (Å²) in [6, 6.07) is 29.6. The third-order valence-corrected chi connectivity index (χ3v) is 8.33. The predicted octanol–water partition coefficient (Wildman–Crippen LogP) is 6.92. The van der Waals surface area contributed by atoms with Crippen LogP contribution >= 0.6 is 11.6 Å². The van der Waals surface area contributed by atoms with Crippen LogP contribution in [0.4, 0.5) is 5.69 Å². The van der Waals surface area contributed by atoms with E-state index in [9.17, 15) is 4.79 Å². The number of likely N-dealkylation sites (tertiary alicyclic amines) is 1. The molecule has 182 valence electrons. The Labute approximate surface area is 218 Å². The first kappa shape index (κ1) is 23.3. The molecule has 2 aliphatic rings.